The van der Waals surface area contributed by atoms with Gasteiger partial charge in [0.1, 0.15) is 0 Å². The molecule has 0 saturated carbocycles. The first-order chi connectivity index (χ1) is 6.15. The van der Waals surface area contributed by atoms with E-state index >= 15 is 0 Å². The van der Waals surface area contributed by atoms with Crippen LogP contribution in [0.25, 0.3) is 0 Å². The molecule has 0 aliphatic carbocycles. The van der Waals surface area contributed by atoms with Gasteiger partial charge >= 0.3 is 0 Å². The molecule has 0 heterocycles. The molecule has 0 radical (unpaired) electrons. The van der Waals surface area contributed by atoms with E-state index in [1.807, 2.05) is 31.1 Å². The largest absolute Gasteiger partial charge is 0.378 e. The van der Waals surface area contributed by atoms with Gasteiger partial charge in [-0.3, -0.25) is 4.79 Å². The first-order valence-electron chi connectivity index (χ1n) is 4.16. The second-order valence-corrected chi connectivity index (χ2v) is 3.07. The average Bonchev–Trinajstić information content (AvgIpc) is 2.17. The molecule has 1 rings (SSSR count). The van der Waals surface area contributed by atoms with Crippen LogP contribution in [0.3, 0.4) is 0 Å². The fourth-order valence-electron chi connectivity index (χ4n) is 1.06. The maximum Gasteiger partial charge on any atom is 0.176 e. The van der Waals surface area contributed by atoms with Gasteiger partial charge in [-0.15, -0.1) is 24.8 Å². The molecule has 2 N–H and O–H groups in total. The maximum atomic E-state index is 11.2. The van der Waals surface area contributed by atoms with Crippen LogP contribution in [0.1, 0.15) is 10.4 Å². The van der Waals surface area contributed by atoms with Gasteiger partial charge in [0.15, 0.2) is 5.78 Å². The molecule has 0 fully saturated rings. The first kappa shape index (κ1) is 16.7. The topological polar surface area (TPSA) is 46.3 Å². The molecule has 0 atom stereocenters. The minimum atomic E-state index is -0.0229. The Bertz CT molecular complexity index is 299. The van der Waals surface area contributed by atoms with E-state index in [4.69, 9.17) is 5.73 Å². The summed E-state index contributed by atoms with van der Waals surface area (Å²) in [5.41, 5.74) is 6.99. The van der Waals surface area contributed by atoms with Crippen LogP contribution in [0, 0.1) is 0 Å². The fourth-order valence-corrected chi connectivity index (χ4v) is 1.06. The number of halogens is 2. The minimum Gasteiger partial charge on any atom is -0.378 e. The van der Waals surface area contributed by atoms with Crippen LogP contribution < -0.4 is 10.6 Å². The Morgan fingerprint density at radius 3 is 2.00 bits per heavy atom. The lowest BCUT2D eigenvalue weighted by Crippen LogP contribution is -2.14. The highest BCUT2D eigenvalue weighted by molar-refractivity contribution is 5.97. The molecule has 1 aromatic carbocycles. The van der Waals surface area contributed by atoms with Crippen molar-refractivity contribution in [3.8, 4) is 0 Å². The molecule has 0 unspecified atom stereocenters. The van der Waals surface area contributed by atoms with Crippen LogP contribution in [0.2, 0.25) is 0 Å². The molecular weight excluding hydrogens is 235 g/mol. The molecule has 0 spiro atoms. The summed E-state index contributed by atoms with van der Waals surface area (Å²) in [7, 11) is 3.92. The smallest absolute Gasteiger partial charge is 0.176 e. The van der Waals surface area contributed by atoms with Gasteiger partial charge in [-0.1, -0.05) is 0 Å². The normalized spacial score (nSPS) is 8.47. The van der Waals surface area contributed by atoms with Crippen molar-refractivity contribution in [1.82, 2.24) is 0 Å². The molecule has 15 heavy (non-hydrogen) atoms. The van der Waals surface area contributed by atoms with Gasteiger partial charge in [0.2, 0.25) is 0 Å². The zero-order valence-corrected chi connectivity index (χ0v) is 10.4. The zero-order chi connectivity index (χ0) is 9.84. The van der Waals surface area contributed by atoms with Crippen molar-refractivity contribution in [3.63, 3.8) is 0 Å². The number of rotatable bonds is 3. The van der Waals surface area contributed by atoms with Gasteiger partial charge in [0.25, 0.3) is 0 Å². The molecule has 3 nitrogen and oxygen atoms in total. The summed E-state index contributed by atoms with van der Waals surface area (Å²) in [6, 6.07) is 7.40. The summed E-state index contributed by atoms with van der Waals surface area (Å²) in [5, 5.41) is 0. The number of Topliss-reactive ketones (excluding diaryl/α,β-unsaturated/α-hetero) is 1. The summed E-state index contributed by atoms with van der Waals surface area (Å²) in [4.78, 5) is 13.1. The lowest BCUT2D eigenvalue weighted by atomic mass is 10.1. The van der Waals surface area contributed by atoms with Crippen LogP contribution in [0.4, 0.5) is 5.69 Å². The summed E-state index contributed by atoms with van der Waals surface area (Å²) < 4.78 is 0. The summed E-state index contributed by atoms with van der Waals surface area (Å²) in [6.07, 6.45) is 0. The monoisotopic (exact) mass is 250 g/mol. The Morgan fingerprint density at radius 1 is 1.20 bits per heavy atom. The average molecular weight is 251 g/mol. The van der Waals surface area contributed by atoms with E-state index in [2.05, 4.69) is 0 Å². The van der Waals surface area contributed by atoms with Crippen molar-refractivity contribution >= 4 is 36.3 Å². The molecule has 0 aliphatic rings. The zero-order valence-electron chi connectivity index (χ0n) is 8.77. The third-order valence-corrected chi connectivity index (χ3v) is 1.89. The van der Waals surface area contributed by atoms with Crippen molar-refractivity contribution in [2.24, 2.45) is 5.73 Å². The van der Waals surface area contributed by atoms with Gasteiger partial charge in [-0.05, 0) is 24.3 Å². The van der Waals surface area contributed by atoms with Crippen LogP contribution in [0.5, 0.6) is 0 Å². The number of carbonyl (C=O) groups excluding carboxylic acids is 1. The van der Waals surface area contributed by atoms with Crippen molar-refractivity contribution in [1.29, 1.82) is 0 Å². The van der Waals surface area contributed by atoms with Crippen molar-refractivity contribution < 1.29 is 4.79 Å². The van der Waals surface area contributed by atoms with Crippen LogP contribution in [-0.4, -0.2) is 26.4 Å². The Labute approximate surface area is 102 Å². The molecule has 5 heteroatoms. The number of nitrogens with two attached hydrogens (primary N) is 1. The molecule has 0 saturated heterocycles. The minimum absolute atomic E-state index is 0. The van der Waals surface area contributed by atoms with Crippen LogP contribution in [0.15, 0.2) is 24.3 Å². The highest BCUT2D eigenvalue weighted by Gasteiger charge is 2.02. The van der Waals surface area contributed by atoms with Crippen LogP contribution >= 0.6 is 24.8 Å². The lowest BCUT2D eigenvalue weighted by molar-refractivity contribution is 0.100. The van der Waals surface area contributed by atoms with E-state index in [-0.39, 0.29) is 37.1 Å². The van der Waals surface area contributed by atoms with Gasteiger partial charge in [-0.25, -0.2) is 0 Å². The second-order valence-electron chi connectivity index (χ2n) is 3.07. The van der Waals surface area contributed by atoms with Gasteiger partial charge < -0.3 is 10.6 Å². The predicted molar refractivity (Wildman–Crippen MR) is 68.6 cm³/mol. The SMILES string of the molecule is CN(C)c1ccc(C(=O)CN)cc1.Cl.Cl. The van der Waals surface area contributed by atoms with Crippen molar-refractivity contribution in [2.45, 2.75) is 0 Å². The van der Waals surface area contributed by atoms with Gasteiger partial charge in [0.05, 0.1) is 6.54 Å². The summed E-state index contributed by atoms with van der Waals surface area (Å²) in [5.74, 6) is -0.0229. The number of anilines is 1. The van der Waals surface area contributed by atoms with E-state index in [0.717, 1.165) is 5.69 Å². The lowest BCUT2D eigenvalue weighted by Gasteiger charge is -2.12. The quantitative estimate of drug-likeness (QED) is 0.832. The van der Waals surface area contributed by atoms with E-state index < -0.39 is 0 Å². The highest BCUT2D eigenvalue weighted by atomic mass is 35.5. The molecule has 86 valence electrons. The Hall–Kier alpha value is -0.770. The van der Waals surface area contributed by atoms with Gasteiger partial charge in [0, 0.05) is 25.3 Å². The van der Waals surface area contributed by atoms with E-state index in [9.17, 15) is 4.79 Å². The number of hydrogen-bond acceptors (Lipinski definition) is 3. The number of benzene rings is 1. The van der Waals surface area contributed by atoms with Gasteiger partial charge in [-0.2, -0.15) is 0 Å². The number of hydrogen-bond donors (Lipinski definition) is 1. The van der Waals surface area contributed by atoms with E-state index in [1.165, 1.54) is 0 Å². The van der Waals surface area contributed by atoms with E-state index in [1.54, 1.807) is 12.1 Å². The highest BCUT2D eigenvalue weighted by Crippen LogP contribution is 2.12. The third-order valence-electron chi connectivity index (χ3n) is 1.89. The number of nitrogens with zero attached hydrogens (tertiary/aromatic N) is 1. The number of ketones is 1. The predicted octanol–water partition coefficient (Wildman–Crippen LogP) is 1.74. The Morgan fingerprint density at radius 2 is 1.67 bits per heavy atom. The Balaban J connectivity index is 0. The maximum absolute atomic E-state index is 11.2. The standard InChI is InChI=1S/C10H14N2O.2ClH/c1-12(2)9-5-3-8(4-6-9)10(13)7-11;;/h3-6H,7,11H2,1-2H3;2*1H. The third kappa shape index (κ3) is 4.51. The molecule has 0 amide bonds. The Kier molecular flexibility index (Phi) is 8.34. The van der Waals surface area contributed by atoms with E-state index in [0.29, 0.717) is 5.56 Å². The number of carbonyl (C=O) groups is 1. The molecular formula is C10H16Cl2N2O. The first-order valence-corrected chi connectivity index (χ1v) is 4.16. The molecule has 0 aromatic heterocycles. The van der Waals surface area contributed by atoms with Crippen molar-refractivity contribution in [2.75, 3.05) is 25.5 Å². The fraction of sp³-hybridized carbons (Fsp3) is 0.300. The summed E-state index contributed by atoms with van der Waals surface area (Å²) in [6.45, 7) is 0.0707. The van der Waals surface area contributed by atoms with Crippen molar-refractivity contribution in [3.05, 3.63) is 29.8 Å². The molecule has 0 bridgehead atoms. The summed E-state index contributed by atoms with van der Waals surface area (Å²) >= 11 is 0. The molecule has 0 aliphatic heterocycles. The van der Waals surface area contributed by atoms with Crippen LogP contribution in [-0.2, 0) is 0 Å². The molecule has 1 aromatic rings. The second kappa shape index (κ2) is 7.51.